The Kier molecular flexibility index (Phi) is 35.1. The van der Waals surface area contributed by atoms with Crippen LogP contribution in [0.1, 0.15) is 11.1 Å². The Morgan fingerprint density at radius 3 is 0.800 bits per heavy atom. The first-order valence-corrected chi connectivity index (χ1v) is 45.5. The van der Waals surface area contributed by atoms with Gasteiger partial charge in [-0.15, -0.1) is 0 Å². The molecule has 0 aliphatic carbocycles. The van der Waals surface area contributed by atoms with Crippen LogP contribution >= 0.6 is 0 Å². The summed E-state index contributed by atoms with van der Waals surface area (Å²) in [4.78, 5) is 7.77. The van der Waals surface area contributed by atoms with E-state index in [9.17, 15) is 0 Å². The van der Waals surface area contributed by atoms with E-state index in [0.717, 1.165) is 0 Å². The van der Waals surface area contributed by atoms with Gasteiger partial charge in [0.05, 0.1) is 16.1 Å². The molecule has 8 rings (SSSR count). The van der Waals surface area contributed by atoms with E-state index in [-0.39, 0.29) is 83.5 Å². The number of hydrogen-bond acceptors (Lipinski definition) is 2. The van der Waals surface area contributed by atoms with E-state index in [4.69, 9.17) is 0 Å². The Hall–Kier alpha value is -1.55. The Morgan fingerprint density at radius 2 is 0.686 bits per heavy atom. The van der Waals surface area contributed by atoms with Crippen molar-refractivity contribution in [2.75, 3.05) is 0 Å². The first kappa shape index (κ1) is 70.5. The normalized spacial score (nSPS) is 10.9. The van der Waals surface area contributed by atoms with Crippen LogP contribution < -0.4 is 31.1 Å². The van der Waals surface area contributed by atoms with Crippen LogP contribution in [0.15, 0.2) is 195 Å². The fourth-order valence-corrected chi connectivity index (χ4v) is 13.3. The molecule has 8 aromatic rings. The van der Waals surface area contributed by atoms with Gasteiger partial charge in [0.25, 0.3) is 0 Å². The first-order chi connectivity index (χ1) is 31.4. The minimum absolute atomic E-state index is 0. The van der Waals surface area contributed by atoms with Gasteiger partial charge in [-0.2, -0.15) is 106 Å². The molecule has 2 aromatic heterocycles. The van der Waals surface area contributed by atoms with Gasteiger partial charge in [0, 0.05) is 57.1 Å². The molecular weight excluding hydrogens is 1200 g/mol. The molecule has 10 heteroatoms. The standard InChI is InChI=1S/6C8H13Si.2C6H7N.2Ce/c6*1-9(2,3)8-6-4-5-7-8;2*1-6-3-2-4-7-5-6;;/h6*4-7H,1-3H3;2*2-5H,1H3;;/q6*-1;;;2*+3. The average Bonchev–Trinajstić information content (AvgIpc) is 4.11. The second-order valence-corrected chi connectivity index (χ2v) is 54.1. The average molecular weight is 1290 g/mol. The van der Waals surface area contributed by atoms with Crippen LogP contribution in [0.5, 0.6) is 0 Å². The number of hydrogen-bond donors (Lipinski definition) is 0. The van der Waals surface area contributed by atoms with Gasteiger partial charge in [-0.25, -0.2) is 71.0 Å². The van der Waals surface area contributed by atoms with Crippen LogP contribution in [0, 0.1) is 97.3 Å². The third kappa shape index (κ3) is 33.3. The summed E-state index contributed by atoms with van der Waals surface area (Å²) in [5.74, 6) is 0. The van der Waals surface area contributed by atoms with Crippen molar-refractivity contribution in [1.29, 1.82) is 0 Å². The van der Waals surface area contributed by atoms with Gasteiger partial charge >= 0.3 is 83.5 Å². The molecule has 2 nitrogen and oxygen atoms in total. The van der Waals surface area contributed by atoms with Gasteiger partial charge in [-0.3, -0.25) is 9.97 Å². The van der Waals surface area contributed by atoms with Gasteiger partial charge in [0.2, 0.25) is 0 Å². The Morgan fingerprint density at radius 1 is 0.371 bits per heavy atom. The largest absolute Gasteiger partial charge is 3.00 e. The number of nitrogens with zero attached hydrogens (tertiary/aromatic N) is 2. The van der Waals surface area contributed by atoms with Crippen LogP contribution in [-0.2, 0) is 0 Å². The van der Waals surface area contributed by atoms with Crippen molar-refractivity contribution in [2.24, 2.45) is 0 Å². The zero-order chi connectivity index (χ0) is 51.7. The third-order valence-electron chi connectivity index (χ3n) is 10.8. The predicted octanol–water partition coefficient (Wildman–Crippen LogP) is 14.5. The maximum Gasteiger partial charge on any atom is 3.00 e. The quantitative estimate of drug-likeness (QED) is 0.122. The molecule has 2 heterocycles. The van der Waals surface area contributed by atoms with Crippen molar-refractivity contribution in [1.82, 2.24) is 9.97 Å². The zero-order valence-corrected chi connectivity index (χ0v) is 59.6. The molecule has 0 bridgehead atoms. The summed E-state index contributed by atoms with van der Waals surface area (Å²) in [5.41, 5.74) is 2.42. The summed E-state index contributed by atoms with van der Waals surface area (Å²) in [6.07, 6.45) is 7.21. The molecule has 0 saturated carbocycles. The molecule has 0 atom stereocenters. The number of rotatable bonds is 6. The third-order valence-corrected chi connectivity index (χ3v) is 23.2. The van der Waals surface area contributed by atoms with Crippen molar-refractivity contribution < 1.29 is 83.5 Å². The number of aromatic nitrogens is 2. The molecule has 0 aliphatic heterocycles. The topological polar surface area (TPSA) is 25.8 Å². The molecule has 0 aliphatic rings. The molecule has 0 saturated heterocycles. The fourth-order valence-electron chi connectivity index (χ4n) is 6.14. The maximum atomic E-state index is 3.88. The fraction of sp³-hybridized carbons (Fsp3) is 0.333. The van der Waals surface area contributed by atoms with Crippen LogP contribution in [0.25, 0.3) is 0 Å². The summed E-state index contributed by atoms with van der Waals surface area (Å²) in [6.45, 7) is 46.6. The van der Waals surface area contributed by atoms with E-state index in [1.54, 1.807) is 43.5 Å². The molecule has 70 heavy (non-hydrogen) atoms. The monoisotopic (exact) mass is 1290 g/mol. The summed E-state index contributed by atoms with van der Waals surface area (Å²) < 4.78 is 0. The van der Waals surface area contributed by atoms with Gasteiger partial charge in [-0.05, 0) is 37.1 Å². The number of aryl methyl sites for hydroxylation is 2. The van der Waals surface area contributed by atoms with Crippen molar-refractivity contribution in [3.05, 3.63) is 206 Å². The summed E-state index contributed by atoms with van der Waals surface area (Å²) in [7, 11) is -5.89. The molecule has 2 radical (unpaired) electrons. The first-order valence-electron chi connectivity index (χ1n) is 24.5. The van der Waals surface area contributed by atoms with Crippen molar-refractivity contribution in [3.8, 4) is 0 Å². The summed E-state index contributed by atoms with van der Waals surface area (Å²) in [6, 6.07) is 60.1. The summed E-state index contributed by atoms with van der Waals surface area (Å²) >= 11 is 0. The van der Waals surface area contributed by atoms with Crippen molar-refractivity contribution in [3.63, 3.8) is 0 Å². The summed E-state index contributed by atoms with van der Waals surface area (Å²) in [5, 5.41) is 9.35. The number of pyridine rings is 2. The molecule has 0 N–H and O–H groups in total. The molecule has 0 unspecified atom stereocenters. The van der Waals surface area contributed by atoms with Gasteiger partial charge < -0.3 is 0 Å². The minimum Gasteiger partial charge on any atom is -0.264 e. The van der Waals surface area contributed by atoms with Crippen LogP contribution in [0.4, 0.5) is 0 Å². The Bertz CT molecular complexity index is 1930. The van der Waals surface area contributed by atoms with Crippen LogP contribution in [0.2, 0.25) is 118 Å². The molecule has 0 fully saturated rings. The van der Waals surface area contributed by atoms with E-state index in [1.807, 2.05) is 50.5 Å². The van der Waals surface area contributed by atoms with E-state index >= 15 is 0 Å². The minimum atomic E-state index is -0.981. The predicted molar refractivity (Wildman–Crippen MR) is 328 cm³/mol. The van der Waals surface area contributed by atoms with Crippen LogP contribution in [-0.4, -0.2) is 58.4 Å². The van der Waals surface area contributed by atoms with Gasteiger partial charge in [0.15, 0.2) is 0 Å². The smallest absolute Gasteiger partial charge is 0.264 e. The van der Waals surface area contributed by atoms with Crippen molar-refractivity contribution >= 4 is 79.6 Å². The Labute approximate surface area is 504 Å². The van der Waals surface area contributed by atoms with E-state index < -0.39 is 48.4 Å². The molecule has 0 spiro atoms. The maximum absolute atomic E-state index is 3.88. The van der Waals surface area contributed by atoms with E-state index in [2.05, 4.69) is 273 Å². The van der Waals surface area contributed by atoms with E-state index in [1.165, 1.54) is 11.1 Å². The molecule has 6 aromatic carbocycles. The van der Waals surface area contributed by atoms with E-state index in [0.29, 0.717) is 0 Å². The van der Waals surface area contributed by atoms with Gasteiger partial charge in [0.1, 0.15) is 0 Å². The molecular formula is C60H92Ce2N2Si6. The van der Waals surface area contributed by atoms with Crippen molar-refractivity contribution in [2.45, 2.75) is 132 Å². The van der Waals surface area contributed by atoms with Crippen LogP contribution in [0.3, 0.4) is 0 Å². The Balaban J connectivity index is 0. The van der Waals surface area contributed by atoms with Gasteiger partial charge in [-0.1, -0.05) is 130 Å². The zero-order valence-electron chi connectivity index (χ0n) is 47.4. The molecule has 374 valence electrons. The molecule has 0 amide bonds. The SMILES string of the molecule is C[Si](C)(C)[c-]1cccc1.C[Si](C)(C)[c-]1cccc1.C[Si](C)(C)c1cc[cH-]c1.C[Si](C)(C)c1cc[cH-]c1.C[Si](C)(C)c1ccc[cH-]1.C[Si](C)(C)c1ccc[cH-]1.Cc1cccnc1.Cc1cccnc1.[Ce+3].[Ce+3]. The second-order valence-electron chi connectivity index (χ2n) is 23.6. The second kappa shape index (κ2) is 34.9.